The predicted molar refractivity (Wildman–Crippen MR) is 101 cm³/mol. The summed E-state index contributed by atoms with van der Waals surface area (Å²) in [5.41, 5.74) is 0.380. The number of anilines is 1. The van der Waals surface area contributed by atoms with E-state index in [1.54, 1.807) is 36.0 Å². The lowest BCUT2D eigenvalue weighted by Crippen LogP contribution is -2.49. The highest BCUT2D eigenvalue weighted by molar-refractivity contribution is 7.16. The van der Waals surface area contributed by atoms with Crippen molar-refractivity contribution in [3.05, 3.63) is 41.8 Å². The van der Waals surface area contributed by atoms with E-state index in [0.29, 0.717) is 31.1 Å². The predicted octanol–water partition coefficient (Wildman–Crippen LogP) is 2.45. The molecule has 7 nitrogen and oxygen atoms in total. The first-order chi connectivity index (χ1) is 12.8. The second kappa shape index (κ2) is 7.25. The van der Waals surface area contributed by atoms with Gasteiger partial charge in [-0.15, -0.1) is 11.3 Å². The maximum atomic E-state index is 12.9. The zero-order valence-electron chi connectivity index (χ0n) is 14.5. The molecule has 0 bridgehead atoms. The number of fused-ring (bicyclic) bond motifs is 1. The largest absolute Gasteiger partial charge is 0.491 e. The Bertz CT molecular complexity index is 921. The van der Waals surface area contributed by atoms with Gasteiger partial charge >= 0.3 is 0 Å². The standard InChI is InChI=1S/C18H19N5O2S/c1-2-25-14-4-3-6-19-15(14)18(24)23-9-7-22(8-10-23)16-13-5-11-26-17(13)21-12-20-16/h3-6,11-12H,2,7-10H2,1H3. The normalized spacial score (nSPS) is 14.7. The minimum atomic E-state index is -0.0860. The lowest BCUT2D eigenvalue weighted by atomic mass is 10.2. The van der Waals surface area contributed by atoms with Crippen molar-refractivity contribution in [2.24, 2.45) is 0 Å². The number of thiophene rings is 1. The van der Waals surface area contributed by atoms with Gasteiger partial charge in [-0.2, -0.15) is 0 Å². The van der Waals surface area contributed by atoms with Crippen LogP contribution >= 0.6 is 11.3 Å². The number of hydrogen-bond donors (Lipinski definition) is 0. The smallest absolute Gasteiger partial charge is 0.276 e. The summed E-state index contributed by atoms with van der Waals surface area (Å²) in [6, 6.07) is 5.62. The van der Waals surface area contributed by atoms with Gasteiger partial charge in [0.15, 0.2) is 11.4 Å². The van der Waals surface area contributed by atoms with Crippen LogP contribution in [-0.2, 0) is 0 Å². The quantitative estimate of drug-likeness (QED) is 0.703. The fraction of sp³-hybridized carbons (Fsp3) is 0.333. The minimum absolute atomic E-state index is 0.0860. The molecule has 0 aromatic carbocycles. The molecule has 134 valence electrons. The summed E-state index contributed by atoms with van der Waals surface area (Å²) in [6.07, 6.45) is 3.23. The monoisotopic (exact) mass is 369 g/mol. The molecule has 0 radical (unpaired) electrons. The average molecular weight is 369 g/mol. The van der Waals surface area contributed by atoms with Crippen molar-refractivity contribution in [3.63, 3.8) is 0 Å². The number of ether oxygens (including phenoxy) is 1. The molecule has 0 saturated carbocycles. The van der Waals surface area contributed by atoms with Crippen LogP contribution in [0.1, 0.15) is 17.4 Å². The Hall–Kier alpha value is -2.74. The number of pyridine rings is 1. The van der Waals surface area contributed by atoms with E-state index < -0.39 is 0 Å². The van der Waals surface area contributed by atoms with E-state index in [0.717, 1.165) is 29.1 Å². The first-order valence-electron chi connectivity index (χ1n) is 8.58. The summed E-state index contributed by atoms with van der Waals surface area (Å²) in [7, 11) is 0. The highest BCUT2D eigenvalue weighted by Gasteiger charge is 2.26. The molecule has 1 aliphatic heterocycles. The van der Waals surface area contributed by atoms with Crippen LogP contribution in [-0.4, -0.2) is 58.5 Å². The van der Waals surface area contributed by atoms with E-state index in [-0.39, 0.29) is 5.91 Å². The number of rotatable bonds is 4. The molecule has 26 heavy (non-hydrogen) atoms. The number of aromatic nitrogens is 3. The molecule has 1 aliphatic rings. The molecule has 1 saturated heterocycles. The minimum Gasteiger partial charge on any atom is -0.491 e. The molecule has 1 amide bonds. The van der Waals surface area contributed by atoms with Gasteiger partial charge in [-0.25, -0.2) is 15.0 Å². The van der Waals surface area contributed by atoms with E-state index in [9.17, 15) is 4.79 Å². The molecule has 3 aromatic rings. The van der Waals surface area contributed by atoms with Crippen molar-refractivity contribution < 1.29 is 9.53 Å². The average Bonchev–Trinajstić information content (AvgIpc) is 3.17. The van der Waals surface area contributed by atoms with Crippen LogP contribution in [0, 0.1) is 0 Å². The molecular weight excluding hydrogens is 350 g/mol. The molecule has 1 fully saturated rings. The Balaban J connectivity index is 1.49. The molecule has 0 unspecified atom stereocenters. The van der Waals surface area contributed by atoms with E-state index in [1.807, 2.05) is 17.2 Å². The van der Waals surface area contributed by atoms with Gasteiger partial charge in [0.2, 0.25) is 0 Å². The molecular formula is C18H19N5O2S. The molecule has 3 aromatic heterocycles. The van der Waals surface area contributed by atoms with Gasteiger partial charge in [0.1, 0.15) is 17.0 Å². The van der Waals surface area contributed by atoms with Gasteiger partial charge in [-0.3, -0.25) is 4.79 Å². The number of piperazine rings is 1. The first kappa shape index (κ1) is 16.7. The van der Waals surface area contributed by atoms with E-state index in [4.69, 9.17) is 4.74 Å². The SMILES string of the molecule is CCOc1cccnc1C(=O)N1CCN(c2ncnc3sccc23)CC1. The van der Waals surface area contributed by atoms with Gasteiger partial charge in [-0.05, 0) is 30.5 Å². The molecule has 0 atom stereocenters. The number of carbonyl (C=O) groups excluding carboxylic acids is 1. The van der Waals surface area contributed by atoms with E-state index >= 15 is 0 Å². The third-order valence-electron chi connectivity index (χ3n) is 4.38. The second-order valence-electron chi connectivity index (χ2n) is 5.90. The molecule has 4 rings (SSSR count). The summed E-state index contributed by atoms with van der Waals surface area (Å²) in [6.45, 7) is 5.10. The maximum absolute atomic E-state index is 12.9. The third kappa shape index (κ3) is 3.08. The number of amides is 1. The fourth-order valence-corrected chi connectivity index (χ4v) is 3.85. The van der Waals surface area contributed by atoms with Crippen molar-refractivity contribution in [3.8, 4) is 5.75 Å². The van der Waals surface area contributed by atoms with Crippen LogP contribution < -0.4 is 9.64 Å². The van der Waals surface area contributed by atoms with Gasteiger partial charge in [-0.1, -0.05) is 0 Å². The van der Waals surface area contributed by atoms with Crippen LogP contribution in [0.15, 0.2) is 36.1 Å². The summed E-state index contributed by atoms with van der Waals surface area (Å²) in [4.78, 5) is 30.9. The van der Waals surface area contributed by atoms with Gasteiger partial charge in [0.05, 0.1) is 12.0 Å². The number of hydrogen-bond acceptors (Lipinski definition) is 7. The number of nitrogens with zero attached hydrogens (tertiary/aromatic N) is 5. The van der Waals surface area contributed by atoms with Gasteiger partial charge in [0.25, 0.3) is 5.91 Å². The highest BCUT2D eigenvalue weighted by Crippen LogP contribution is 2.27. The summed E-state index contributed by atoms with van der Waals surface area (Å²) < 4.78 is 5.54. The highest BCUT2D eigenvalue weighted by atomic mass is 32.1. The van der Waals surface area contributed by atoms with Crippen LogP contribution in [0.4, 0.5) is 5.82 Å². The van der Waals surface area contributed by atoms with Gasteiger partial charge in [0, 0.05) is 32.4 Å². The zero-order chi connectivity index (χ0) is 17.9. The second-order valence-corrected chi connectivity index (χ2v) is 6.79. The Morgan fingerprint density at radius 2 is 2.04 bits per heavy atom. The Labute approximate surface area is 155 Å². The maximum Gasteiger partial charge on any atom is 0.276 e. The molecule has 4 heterocycles. The van der Waals surface area contributed by atoms with Crippen molar-refractivity contribution in [1.29, 1.82) is 0 Å². The Morgan fingerprint density at radius 1 is 1.19 bits per heavy atom. The van der Waals surface area contributed by atoms with Crippen LogP contribution in [0.3, 0.4) is 0 Å². The van der Waals surface area contributed by atoms with Crippen LogP contribution in [0.25, 0.3) is 10.2 Å². The molecule has 0 spiro atoms. The van der Waals surface area contributed by atoms with Crippen molar-refractivity contribution >= 4 is 33.3 Å². The fourth-order valence-electron chi connectivity index (χ4n) is 3.12. The van der Waals surface area contributed by atoms with E-state index in [2.05, 4.69) is 25.9 Å². The first-order valence-corrected chi connectivity index (χ1v) is 9.46. The van der Waals surface area contributed by atoms with Gasteiger partial charge < -0.3 is 14.5 Å². The van der Waals surface area contributed by atoms with Crippen molar-refractivity contribution in [2.45, 2.75) is 6.92 Å². The topological polar surface area (TPSA) is 71.5 Å². The zero-order valence-corrected chi connectivity index (χ0v) is 15.3. The summed E-state index contributed by atoms with van der Waals surface area (Å²) in [5.74, 6) is 1.39. The molecule has 8 heteroatoms. The number of carbonyl (C=O) groups is 1. The summed E-state index contributed by atoms with van der Waals surface area (Å²) in [5, 5.41) is 3.10. The van der Waals surface area contributed by atoms with Crippen LogP contribution in [0.2, 0.25) is 0 Å². The lowest BCUT2D eigenvalue weighted by Gasteiger charge is -2.35. The molecule has 0 aliphatic carbocycles. The lowest BCUT2D eigenvalue weighted by molar-refractivity contribution is 0.0736. The van der Waals surface area contributed by atoms with Crippen molar-refractivity contribution in [2.75, 3.05) is 37.7 Å². The summed E-state index contributed by atoms with van der Waals surface area (Å²) >= 11 is 1.61. The van der Waals surface area contributed by atoms with E-state index in [1.165, 1.54) is 0 Å². The molecule has 0 N–H and O–H groups in total. The Morgan fingerprint density at radius 3 is 2.85 bits per heavy atom. The Kier molecular flexibility index (Phi) is 4.66. The van der Waals surface area contributed by atoms with Crippen molar-refractivity contribution in [1.82, 2.24) is 19.9 Å². The third-order valence-corrected chi connectivity index (χ3v) is 5.20. The van der Waals surface area contributed by atoms with Crippen LogP contribution in [0.5, 0.6) is 5.75 Å².